The number of hydrogen-bond donors (Lipinski definition) is 0. The smallest absolute Gasteiger partial charge is 0.265 e. The van der Waals surface area contributed by atoms with Gasteiger partial charge in [0.05, 0.1) is 23.6 Å². The first kappa shape index (κ1) is 13.0. The molecule has 6 heteroatoms. The van der Waals surface area contributed by atoms with Crippen LogP contribution in [0, 0.1) is 0 Å². The Hall–Kier alpha value is -1.69. The number of likely N-dealkylation sites (tertiary alicyclic amines) is 1. The van der Waals surface area contributed by atoms with Crippen molar-refractivity contribution in [3.8, 4) is 0 Å². The molecule has 1 aliphatic heterocycles. The lowest BCUT2D eigenvalue weighted by atomic mass is 10.1. The molecule has 4 rings (SSSR count). The molecule has 5 nitrogen and oxygen atoms in total. The van der Waals surface area contributed by atoms with E-state index < -0.39 is 0 Å². The van der Waals surface area contributed by atoms with Crippen molar-refractivity contribution >= 4 is 17.2 Å². The predicted octanol–water partition coefficient (Wildman–Crippen LogP) is 2.69. The molecule has 3 heterocycles. The van der Waals surface area contributed by atoms with Gasteiger partial charge in [0, 0.05) is 31.4 Å². The van der Waals surface area contributed by atoms with Gasteiger partial charge in [-0.15, -0.1) is 11.3 Å². The van der Waals surface area contributed by atoms with E-state index in [1.165, 1.54) is 12.8 Å². The van der Waals surface area contributed by atoms with E-state index >= 15 is 0 Å². The summed E-state index contributed by atoms with van der Waals surface area (Å²) in [6.07, 6.45) is 12.0. The molecule has 1 saturated heterocycles. The predicted molar refractivity (Wildman–Crippen MR) is 80.5 cm³/mol. The molecule has 21 heavy (non-hydrogen) atoms. The summed E-state index contributed by atoms with van der Waals surface area (Å²) < 4.78 is 2.11. The van der Waals surface area contributed by atoms with Gasteiger partial charge in [0.25, 0.3) is 5.91 Å². The van der Waals surface area contributed by atoms with Crippen LogP contribution in [0.4, 0.5) is 0 Å². The second-order valence-electron chi connectivity index (χ2n) is 5.89. The Morgan fingerprint density at radius 3 is 3.00 bits per heavy atom. The van der Waals surface area contributed by atoms with E-state index in [-0.39, 0.29) is 5.91 Å². The highest BCUT2D eigenvalue weighted by Crippen LogP contribution is 2.42. The first-order valence-corrected chi connectivity index (χ1v) is 8.35. The lowest BCUT2D eigenvalue weighted by molar-refractivity contribution is 0.0684. The van der Waals surface area contributed by atoms with Crippen molar-refractivity contribution in [3.05, 3.63) is 34.8 Å². The van der Waals surface area contributed by atoms with E-state index in [2.05, 4.69) is 14.5 Å². The Balaban J connectivity index is 1.47. The molecule has 1 amide bonds. The normalized spacial score (nSPS) is 22.5. The number of carbonyl (C=O) groups is 1. The molecule has 0 unspecified atom stereocenters. The third-order valence-corrected chi connectivity index (χ3v) is 5.44. The molecule has 1 aliphatic carbocycles. The number of carbonyl (C=O) groups excluding carboxylic acids is 1. The average Bonchev–Trinajstić information content (AvgIpc) is 3.05. The van der Waals surface area contributed by atoms with Crippen LogP contribution >= 0.6 is 11.3 Å². The minimum atomic E-state index is 0.143. The van der Waals surface area contributed by atoms with Crippen molar-refractivity contribution in [1.29, 1.82) is 0 Å². The Morgan fingerprint density at radius 1 is 1.33 bits per heavy atom. The van der Waals surface area contributed by atoms with Gasteiger partial charge < -0.3 is 9.47 Å². The van der Waals surface area contributed by atoms with Crippen molar-refractivity contribution in [1.82, 2.24) is 19.4 Å². The largest absolute Gasteiger partial charge is 0.336 e. The Bertz CT molecular complexity index is 632. The molecule has 0 bridgehead atoms. The molecule has 2 aliphatic rings. The number of thiazole rings is 1. The zero-order chi connectivity index (χ0) is 14.2. The van der Waals surface area contributed by atoms with Crippen LogP contribution in [0.15, 0.2) is 24.9 Å². The molecule has 1 atom stereocenters. The summed E-state index contributed by atoms with van der Waals surface area (Å²) in [5.41, 5.74) is 0. The number of hydrogen-bond acceptors (Lipinski definition) is 4. The van der Waals surface area contributed by atoms with Crippen LogP contribution in [0.5, 0.6) is 0 Å². The van der Waals surface area contributed by atoms with Gasteiger partial charge in [-0.2, -0.15) is 0 Å². The highest BCUT2D eigenvalue weighted by atomic mass is 32.1. The molecule has 0 aromatic carbocycles. The van der Waals surface area contributed by atoms with Gasteiger partial charge in [-0.05, 0) is 25.7 Å². The van der Waals surface area contributed by atoms with Gasteiger partial charge in [-0.25, -0.2) is 9.97 Å². The fraction of sp³-hybridized carbons (Fsp3) is 0.533. The number of imidazole rings is 1. The van der Waals surface area contributed by atoms with E-state index in [4.69, 9.17) is 0 Å². The van der Waals surface area contributed by atoms with Gasteiger partial charge in [-0.1, -0.05) is 0 Å². The quantitative estimate of drug-likeness (QED) is 0.876. The van der Waals surface area contributed by atoms with Crippen LogP contribution in [0.3, 0.4) is 0 Å². The fourth-order valence-corrected chi connectivity index (χ4v) is 3.98. The Labute approximate surface area is 127 Å². The number of amides is 1. The first-order valence-electron chi connectivity index (χ1n) is 7.53. The zero-order valence-electron chi connectivity index (χ0n) is 11.8. The lowest BCUT2D eigenvalue weighted by Crippen LogP contribution is -2.40. The maximum atomic E-state index is 12.6. The number of aromatic nitrogens is 3. The summed E-state index contributed by atoms with van der Waals surface area (Å²) in [7, 11) is 0. The Kier molecular flexibility index (Phi) is 3.25. The zero-order valence-corrected chi connectivity index (χ0v) is 12.6. The van der Waals surface area contributed by atoms with E-state index in [0.717, 1.165) is 35.8 Å². The summed E-state index contributed by atoms with van der Waals surface area (Å²) in [6.45, 7) is 1.62. The molecule has 110 valence electrons. The maximum absolute atomic E-state index is 12.6. The van der Waals surface area contributed by atoms with Crippen molar-refractivity contribution in [3.63, 3.8) is 0 Å². The van der Waals surface area contributed by atoms with Gasteiger partial charge in [0.15, 0.2) is 0 Å². The van der Waals surface area contributed by atoms with Crippen LogP contribution in [-0.4, -0.2) is 38.4 Å². The molecule has 2 aromatic rings. The van der Waals surface area contributed by atoms with E-state index in [0.29, 0.717) is 12.0 Å². The molecule has 0 radical (unpaired) electrons. The first-order chi connectivity index (χ1) is 10.3. The lowest BCUT2D eigenvalue weighted by Gasteiger charge is -2.33. The number of nitrogens with zero attached hydrogens (tertiary/aromatic N) is 4. The van der Waals surface area contributed by atoms with Crippen LogP contribution in [0.1, 0.15) is 52.3 Å². The third kappa shape index (κ3) is 2.60. The fourth-order valence-electron chi connectivity index (χ4n) is 2.93. The molecule has 1 saturated carbocycles. The second kappa shape index (κ2) is 5.26. The van der Waals surface area contributed by atoms with E-state index in [1.54, 1.807) is 23.7 Å². The standard InChI is InChI=1S/C15H18N4OS/c20-15(13-8-17-14(21-13)11-3-4-11)18-6-1-2-12(9-18)19-7-5-16-10-19/h5,7-8,10-12H,1-4,6,9H2/t12-/m0/s1. The van der Waals surface area contributed by atoms with Crippen molar-refractivity contribution < 1.29 is 4.79 Å². The summed E-state index contributed by atoms with van der Waals surface area (Å²) in [5.74, 6) is 0.765. The molecule has 2 aromatic heterocycles. The van der Waals surface area contributed by atoms with Gasteiger partial charge in [-0.3, -0.25) is 4.79 Å². The van der Waals surface area contributed by atoms with Crippen molar-refractivity contribution in [2.24, 2.45) is 0 Å². The topological polar surface area (TPSA) is 51.0 Å². The van der Waals surface area contributed by atoms with Crippen molar-refractivity contribution in [2.75, 3.05) is 13.1 Å². The Morgan fingerprint density at radius 2 is 2.24 bits per heavy atom. The molecular weight excluding hydrogens is 284 g/mol. The SMILES string of the molecule is O=C(c1cnc(C2CC2)s1)N1CCC[C@H](n2ccnc2)C1. The van der Waals surface area contributed by atoms with Gasteiger partial charge in [0.1, 0.15) is 4.88 Å². The van der Waals surface area contributed by atoms with Crippen LogP contribution in [0.25, 0.3) is 0 Å². The number of piperidine rings is 1. The second-order valence-corrected chi connectivity index (χ2v) is 6.96. The molecule has 0 N–H and O–H groups in total. The summed E-state index contributed by atoms with van der Waals surface area (Å²) in [6, 6.07) is 0.348. The molecular formula is C15H18N4OS. The highest BCUT2D eigenvalue weighted by molar-refractivity contribution is 7.13. The number of rotatable bonds is 3. The van der Waals surface area contributed by atoms with Crippen LogP contribution in [-0.2, 0) is 0 Å². The van der Waals surface area contributed by atoms with E-state index in [9.17, 15) is 4.79 Å². The van der Waals surface area contributed by atoms with Crippen molar-refractivity contribution in [2.45, 2.75) is 37.6 Å². The highest BCUT2D eigenvalue weighted by Gasteiger charge is 2.30. The third-order valence-electron chi connectivity index (χ3n) is 4.29. The van der Waals surface area contributed by atoms with Gasteiger partial charge in [0.2, 0.25) is 0 Å². The van der Waals surface area contributed by atoms with E-state index in [1.807, 2.05) is 17.4 Å². The summed E-state index contributed by atoms with van der Waals surface area (Å²) >= 11 is 1.58. The average molecular weight is 302 g/mol. The maximum Gasteiger partial charge on any atom is 0.265 e. The summed E-state index contributed by atoms with van der Waals surface area (Å²) in [4.78, 5) is 23.9. The van der Waals surface area contributed by atoms with Crippen LogP contribution in [0.2, 0.25) is 0 Å². The minimum Gasteiger partial charge on any atom is -0.336 e. The van der Waals surface area contributed by atoms with Crippen LogP contribution < -0.4 is 0 Å². The minimum absolute atomic E-state index is 0.143. The van der Waals surface area contributed by atoms with Gasteiger partial charge >= 0.3 is 0 Å². The monoisotopic (exact) mass is 302 g/mol. The molecule has 2 fully saturated rings. The summed E-state index contributed by atoms with van der Waals surface area (Å²) in [5, 5.41) is 1.14. The molecule has 0 spiro atoms.